The zero-order valence-electron chi connectivity index (χ0n) is 14.3. The molecule has 2 nitrogen and oxygen atoms in total. The molecule has 0 heterocycles. The second kappa shape index (κ2) is 5.35. The Kier molecular flexibility index (Phi) is 3.64. The van der Waals surface area contributed by atoms with Gasteiger partial charge in [0, 0.05) is 10.4 Å². The van der Waals surface area contributed by atoms with Crippen LogP contribution in [0.1, 0.15) is 50.7 Å². The van der Waals surface area contributed by atoms with Crippen molar-refractivity contribution in [3.8, 4) is 11.5 Å². The molecule has 0 aliphatic heterocycles. The molecule has 0 spiro atoms. The van der Waals surface area contributed by atoms with E-state index in [9.17, 15) is 0 Å². The predicted molar refractivity (Wildman–Crippen MR) is 89.5 cm³/mol. The molecule has 0 radical (unpaired) electrons. The Labute approximate surface area is 131 Å². The van der Waals surface area contributed by atoms with Crippen molar-refractivity contribution in [3.05, 3.63) is 56.3 Å². The Bertz CT molecular complexity index is 833. The van der Waals surface area contributed by atoms with Crippen molar-refractivity contribution in [2.24, 2.45) is 0 Å². The van der Waals surface area contributed by atoms with E-state index in [-0.39, 0.29) is 0 Å². The van der Waals surface area contributed by atoms with Crippen LogP contribution in [-0.4, -0.2) is 14.2 Å². The van der Waals surface area contributed by atoms with Crippen LogP contribution in [0, 0.1) is 20.9 Å². The van der Waals surface area contributed by atoms with E-state index in [0.29, 0.717) is 11.8 Å². The average molecular weight is 296 g/mol. The van der Waals surface area contributed by atoms with Crippen LogP contribution < -0.4 is 9.47 Å². The van der Waals surface area contributed by atoms with Crippen molar-refractivity contribution in [2.75, 3.05) is 14.2 Å². The number of ether oxygens (including phenoxy) is 2. The van der Waals surface area contributed by atoms with Gasteiger partial charge in [0.15, 0.2) is 0 Å². The van der Waals surface area contributed by atoms with Gasteiger partial charge in [-0.05, 0) is 33.4 Å². The fourth-order valence-corrected chi connectivity index (χ4v) is 3.43. The molecule has 0 saturated carbocycles. The first-order chi connectivity index (χ1) is 10.5. The highest BCUT2D eigenvalue weighted by molar-refractivity contribution is 5.50. The number of rotatable bonds is 4. The van der Waals surface area contributed by atoms with Crippen LogP contribution in [-0.2, 0) is 0 Å². The molecule has 2 aromatic carbocycles. The molecule has 0 unspecified atom stereocenters. The van der Waals surface area contributed by atoms with Gasteiger partial charge in [0.2, 0.25) is 0 Å². The average Bonchev–Trinajstić information content (AvgIpc) is 2.49. The van der Waals surface area contributed by atoms with E-state index in [4.69, 9.17) is 9.47 Å². The largest absolute Gasteiger partial charge is 0.496 e. The van der Waals surface area contributed by atoms with Crippen LogP contribution in [0.25, 0.3) is 0 Å². The van der Waals surface area contributed by atoms with E-state index in [0.717, 1.165) is 11.5 Å². The molecule has 1 aliphatic carbocycles. The standard InChI is InChI=1S/C20H24O2/c1-11(2)13-7-9-15-16-10-8-14(12(3)4)20(22-6)18(16)17(15)19(13)21-5/h7-12H,1-6H3. The van der Waals surface area contributed by atoms with Crippen molar-refractivity contribution in [1.29, 1.82) is 0 Å². The third kappa shape index (κ3) is 1.93. The maximum absolute atomic E-state index is 5.77. The van der Waals surface area contributed by atoms with Gasteiger partial charge in [-0.15, -0.1) is 0 Å². The molecule has 22 heavy (non-hydrogen) atoms. The first-order valence-corrected chi connectivity index (χ1v) is 7.93. The molecule has 0 fully saturated rings. The molecule has 2 heteroatoms. The summed E-state index contributed by atoms with van der Waals surface area (Å²) in [6.45, 7) is 8.80. The third-order valence-electron chi connectivity index (χ3n) is 4.57. The molecule has 0 saturated heterocycles. The molecule has 0 N–H and O–H groups in total. The van der Waals surface area contributed by atoms with Crippen LogP contribution >= 0.6 is 0 Å². The van der Waals surface area contributed by atoms with E-state index in [1.54, 1.807) is 14.2 Å². The topological polar surface area (TPSA) is 18.5 Å². The van der Waals surface area contributed by atoms with Gasteiger partial charge in [-0.25, -0.2) is 0 Å². The van der Waals surface area contributed by atoms with Gasteiger partial charge >= 0.3 is 0 Å². The highest BCUT2D eigenvalue weighted by atomic mass is 16.5. The minimum atomic E-state index is 0.434. The first kappa shape index (κ1) is 15.0. The molecular weight excluding hydrogens is 272 g/mol. The first-order valence-electron chi connectivity index (χ1n) is 7.93. The Morgan fingerprint density at radius 3 is 1.27 bits per heavy atom. The van der Waals surface area contributed by atoms with Crippen LogP contribution in [0.4, 0.5) is 0 Å². The summed E-state index contributed by atoms with van der Waals surface area (Å²) in [5.74, 6) is 2.87. The fraction of sp³-hybridized carbons (Fsp3) is 0.400. The monoisotopic (exact) mass is 296 g/mol. The van der Waals surface area contributed by atoms with Crippen molar-refractivity contribution >= 4 is 0 Å². The lowest BCUT2D eigenvalue weighted by Gasteiger charge is -2.20. The molecule has 116 valence electrons. The molecule has 2 aromatic rings. The van der Waals surface area contributed by atoms with Crippen LogP contribution in [0.2, 0.25) is 0 Å². The zero-order valence-corrected chi connectivity index (χ0v) is 14.3. The highest BCUT2D eigenvalue weighted by Gasteiger charge is 2.19. The summed E-state index contributed by atoms with van der Waals surface area (Å²) in [5.41, 5.74) is 2.51. The van der Waals surface area contributed by atoms with Gasteiger partial charge in [-0.1, -0.05) is 52.0 Å². The smallest absolute Gasteiger partial charge is 0.130 e. The fourth-order valence-electron chi connectivity index (χ4n) is 3.43. The van der Waals surface area contributed by atoms with Crippen LogP contribution in [0.3, 0.4) is 0 Å². The van der Waals surface area contributed by atoms with E-state index in [2.05, 4.69) is 52.0 Å². The number of fused-ring (bicyclic) bond motifs is 2. The molecular formula is C20H24O2. The maximum atomic E-state index is 5.77. The second-order valence-corrected chi connectivity index (χ2v) is 6.53. The Balaban J connectivity index is 2.49. The number of benzene rings is 2. The molecule has 1 aliphatic rings. The summed E-state index contributed by atoms with van der Waals surface area (Å²) in [6.07, 6.45) is 0. The van der Waals surface area contributed by atoms with Crippen molar-refractivity contribution < 1.29 is 9.47 Å². The van der Waals surface area contributed by atoms with Crippen LogP contribution in [0.15, 0.2) is 24.3 Å². The van der Waals surface area contributed by atoms with Gasteiger partial charge in [0.25, 0.3) is 0 Å². The SMILES string of the molecule is COc1c(C(C)C)ccc2c1=c1c(OC)c(C(C)C)ccc1=2. The van der Waals surface area contributed by atoms with E-state index in [1.807, 2.05) is 0 Å². The Morgan fingerprint density at radius 1 is 0.636 bits per heavy atom. The summed E-state index contributed by atoms with van der Waals surface area (Å²) in [4.78, 5) is 0. The Morgan fingerprint density at radius 2 is 1.00 bits per heavy atom. The quantitative estimate of drug-likeness (QED) is 0.686. The third-order valence-corrected chi connectivity index (χ3v) is 4.57. The molecule has 0 atom stereocenters. The van der Waals surface area contributed by atoms with Gasteiger partial charge in [0.1, 0.15) is 11.5 Å². The van der Waals surface area contributed by atoms with Gasteiger partial charge in [-0.2, -0.15) is 0 Å². The lowest BCUT2D eigenvalue weighted by Crippen LogP contribution is -2.05. The number of hydrogen-bond acceptors (Lipinski definition) is 2. The second-order valence-electron chi connectivity index (χ2n) is 6.53. The lowest BCUT2D eigenvalue weighted by atomic mass is 9.90. The van der Waals surface area contributed by atoms with Crippen molar-refractivity contribution in [1.82, 2.24) is 0 Å². The Hall–Kier alpha value is -1.96. The summed E-state index contributed by atoms with van der Waals surface area (Å²) in [7, 11) is 3.52. The zero-order chi connectivity index (χ0) is 16.0. The number of methoxy groups -OCH3 is 2. The lowest BCUT2D eigenvalue weighted by molar-refractivity contribution is 0.395. The van der Waals surface area contributed by atoms with E-state index in [1.165, 1.54) is 32.0 Å². The predicted octanol–water partition coefficient (Wildman–Crippen LogP) is 4.84. The van der Waals surface area contributed by atoms with Gasteiger partial charge in [-0.3, -0.25) is 0 Å². The number of hydrogen-bond donors (Lipinski definition) is 0. The highest BCUT2D eigenvalue weighted by Crippen LogP contribution is 2.37. The van der Waals surface area contributed by atoms with Gasteiger partial charge < -0.3 is 9.47 Å². The summed E-state index contributed by atoms with van der Waals surface area (Å²) >= 11 is 0. The van der Waals surface area contributed by atoms with E-state index < -0.39 is 0 Å². The minimum absolute atomic E-state index is 0.434. The molecule has 0 aromatic heterocycles. The normalized spacial score (nSPS) is 12.0. The van der Waals surface area contributed by atoms with E-state index >= 15 is 0 Å². The summed E-state index contributed by atoms with van der Waals surface area (Å²) in [6, 6.07) is 8.80. The summed E-state index contributed by atoms with van der Waals surface area (Å²) in [5, 5.41) is 4.96. The maximum Gasteiger partial charge on any atom is 0.130 e. The van der Waals surface area contributed by atoms with Gasteiger partial charge in [0.05, 0.1) is 14.2 Å². The molecule has 0 amide bonds. The minimum Gasteiger partial charge on any atom is -0.496 e. The van der Waals surface area contributed by atoms with Crippen LogP contribution in [0.5, 0.6) is 11.5 Å². The van der Waals surface area contributed by atoms with Crippen molar-refractivity contribution in [2.45, 2.75) is 39.5 Å². The summed E-state index contributed by atoms with van der Waals surface area (Å²) < 4.78 is 11.5. The molecule has 3 rings (SSSR count). The molecule has 0 bridgehead atoms. The van der Waals surface area contributed by atoms with Crippen molar-refractivity contribution in [3.63, 3.8) is 0 Å².